The van der Waals surface area contributed by atoms with Crippen LogP contribution in [-0.2, 0) is 14.3 Å². The second-order valence-corrected chi connectivity index (χ2v) is 14.5. The van der Waals surface area contributed by atoms with E-state index in [1.807, 2.05) is 30.3 Å². The number of carbonyl (C=O) groups excluding carboxylic acids is 2. The average molecular weight is 560 g/mol. The topological polar surface area (TPSA) is 64.6 Å². The molecule has 0 bridgehead atoms. The summed E-state index contributed by atoms with van der Waals surface area (Å²) < 4.78 is 12.8. The number of fused-ring (bicyclic) bond motifs is 7. The standard InChI is InChI=1S/C36H49NO4/c1-22(21-37-24(3)38)11-14-31-23(2)33-32(41-31)20-30-28-13-12-26-19-27(40-34(39)25-9-7-6-8-10-25)15-17-35(26,4)29(28)16-18-36(30,33)5/h6-10,12,22,27-30,32-33H,11,13-21H2,1-5H3,(H,37,38)/t22?,27?,28?,29?,30?,32?,33?,35-,36-/m0/s1. The molecular formula is C36H49NO4. The number of benzene rings is 1. The van der Waals surface area contributed by atoms with Crippen molar-refractivity contribution < 1.29 is 19.1 Å². The van der Waals surface area contributed by atoms with Gasteiger partial charge in [-0.1, -0.05) is 50.6 Å². The molecule has 0 radical (unpaired) electrons. The Morgan fingerprint density at radius 2 is 1.90 bits per heavy atom. The van der Waals surface area contributed by atoms with Crippen LogP contribution in [0.1, 0.15) is 103 Å². The van der Waals surface area contributed by atoms with Crippen LogP contribution in [0, 0.1) is 40.4 Å². The lowest BCUT2D eigenvalue weighted by Gasteiger charge is -2.58. The van der Waals surface area contributed by atoms with Gasteiger partial charge in [-0.2, -0.15) is 0 Å². The zero-order valence-corrected chi connectivity index (χ0v) is 25.7. The van der Waals surface area contributed by atoms with Gasteiger partial charge in [0, 0.05) is 32.2 Å². The molecule has 5 nitrogen and oxygen atoms in total. The Morgan fingerprint density at radius 3 is 2.66 bits per heavy atom. The number of allylic oxidation sites excluding steroid dienone is 2. The van der Waals surface area contributed by atoms with E-state index in [2.05, 4.69) is 39.1 Å². The van der Waals surface area contributed by atoms with E-state index in [4.69, 9.17) is 9.47 Å². The number of ether oxygens (including phenoxy) is 2. The van der Waals surface area contributed by atoms with Gasteiger partial charge < -0.3 is 14.8 Å². The van der Waals surface area contributed by atoms with Gasteiger partial charge in [0.15, 0.2) is 0 Å². The molecule has 0 aromatic heterocycles. The average Bonchev–Trinajstić information content (AvgIpc) is 3.44. The van der Waals surface area contributed by atoms with Crippen LogP contribution in [0.25, 0.3) is 0 Å². The Balaban J connectivity index is 1.12. The van der Waals surface area contributed by atoms with Gasteiger partial charge in [-0.3, -0.25) is 4.79 Å². The maximum Gasteiger partial charge on any atom is 0.338 e. The first-order valence-electron chi connectivity index (χ1n) is 16.2. The molecule has 1 N–H and O–H groups in total. The monoisotopic (exact) mass is 559 g/mol. The van der Waals surface area contributed by atoms with Crippen LogP contribution < -0.4 is 5.32 Å². The van der Waals surface area contributed by atoms with Crippen LogP contribution in [-0.4, -0.2) is 30.6 Å². The highest BCUT2D eigenvalue weighted by atomic mass is 16.5. The third-order valence-corrected chi connectivity index (χ3v) is 12.1. The van der Waals surface area contributed by atoms with Crippen molar-refractivity contribution in [3.05, 3.63) is 58.9 Å². The van der Waals surface area contributed by atoms with Gasteiger partial charge in [-0.15, -0.1) is 0 Å². The summed E-state index contributed by atoms with van der Waals surface area (Å²) in [5, 5.41) is 2.96. The Morgan fingerprint density at radius 1 is 1.12 bits per heavy atom. The molecule has 1 heterocycles. The highest BCUT2D eigenvalue weighted by Crippen LogP contribution is 2.69. The van der Waals surface area contributed by atoms with Crippen molar-refractivity contribution in [3.8, 4) is 0 Å². The van der Waals surface area contributed by atoms with Gasteiger partial charge in [0.1, 0.15) is 12.2 Å². The summed E-state index contributed by atoms with van der Waals surface area (Å²) in [5.74, 6) is 4.21. The Kier molecular flexibility index (Phi) is 7.61. The molecule has 0 saturated heterocycles. The molecule has 7 unspecified atom stereocenters. The third kappa shape index (κ3) is 5.06. The fourth-order valence-corrected chi connectivity index (χ4v) is 9.90. The predicted octanol–water partition coefficient (Wildman–Crippen LogP) is 7.63. The van der Waals surface area contributed by atoms with Crippen molar-refractivity contribution in [2.45, 2.75) is 105 Å². The highest BCUT2D eigenvalue weighted by Gasteiger charge is 2.63. The van der Waals surface area contributed by atoms with E-state index in [-0.39, 0.29) is 23.4 Å². The van der Waals surface area contributed by atoms with Gasteiger partial charge in [-0.05, 0) is 104 Å². The largest absolute Gasteiger partial charge is 0.494 e. The second kappa shape index (κ2) is 10.9. The fraction of sp³-hybridized carbons (Fsp3) is 0.667. The molecular weight excluding hydrogens is 510 g/mol. The normalized spacial score (nSPS) is 38.0. The molecule has 1 aliphatic heterocycles. The van der Waals surface area contributed by atoms with Crippen LogP contribution in [0.4, 0.5) is 0 Å². The van der Waals surface area contributed by atoms with Crippen LogP contribution in [0.5, 0.6) is 0 Å². The van der Waals surface area contributed by atoms with E-state index >= 15 is 0 Å². The molecule has 0 spiro atoms. The van der Waals surface area contributed by atoms with E-state index in [0.29, 0.717) is 46.7 Å². The minimum atomic E-state index is -0.190. The molecule has 1 aromatic rings. The van der Waals surface area contributed by atoms with Crippen molar-refractivity contribution in [1.29, 1.82) is 0 Å². The van der Waals surface area contributed by atoms with Gasteiger partial charge in [0.2, 0.25) is 5.91 Å². The summed E-state index contributed by atoms with van der Waals surface area (Å²) in [5.41, 5.74) is 4.22. The molecule has 3 fully saturated rings. The van der Waals surface area contributed by atoms with E-state index < -0.39 is 0 Å². The predicted molar refractivity (Wildman–Crippen MR) is 161 cm³/mol. The number of amides is 1. The molecule has 6 rings (SSSR count). The third-order valence-electron chi connectivity index (χ3n) is 12.1. The molecule has 4 aliphatic carbocycles. The quantitative estimate of drug-likeness (QED) is 0.276. The summed E-state index contributed by atoms with van der Waals surface area (Å²) in [6, 6.07) is 9.40. The van der Waals surface area contributed by atoms with Gasteiger partial charge >= 0.3 is 5.97 Å². The minimum Gasteiger partial charge on any atom is -0.494 e. The zero-order valence-electron chi connectivity index (χ0n) is 25.7. The molecule has 1 amide bonds. The lowest BCUT2D eigenvalue weighted by molar-refractivity contribution is -0.119. The number of nitrogens with one attached hydrogen (secondary N) is 1. The van der Waals surface area contributed by atoms with E-state index in [9.17, 15) is 9.59 Å². The van der Waals surface area contributed by atoms with Crippen LogP contribution in [0.2, 0.25) is 0 Å². The second-order valence-electron chi connectivity index (χ2n) is 14.5. The molecule has 222 valence electrons. The summed E-state index contributed by atoms with van der Waals surface area (Å²) in [7, 11) is 0. The van der Waals surface area contributed by atoms with Crippen molar-refractivity contribution in [2.75, 3.05) is 6.54 Å². The lowest BCUT2D eigenvalue weighted by atomic mass is 9.47. The number of hydrogen-bond donors (Lipinski definition) is 1. The van der Waals surface area contributed by atoms with E-state index in [1.165, 1.54) is 30.6 Å². The molecule has 41 heavy (non-hydrogen) atoms. The van der Waals surface area contributed by atoms with Gasteiger partial charge in [-0.25, -0.2) is 4.79 Å². The maximum atomic E-state index is 12.7. The van der Waals surface area contributed by atoms with Crippen molar-refractivity contribution >= 4 is 11.9 Å². The first-order valence-corrected chi connectivity index (χ1v) is 16.2. The number of esters is 1. The van der Waals surface area contributed by atoms with E-state index in [0.717, 1.165) is 45.1 Å². The van der Waals surface area contributed by atoms with E-state index in [1.54, 1.807) is 12.5 Å². The smallest absolute Gasteiger partial charge is 0.338 e. The van der Waals surface area contributed by atoms with Gasteiger partial charge in [0.25, 0.3) is 0 Å². The summed E-state index contributed by atoms with van der Waals surface area (Å²) in [4.78, 5) is 24.0. The lowest BCUT2D eigenvalue weighted by Crippen LogP contribution is -2.50. The van der Waals surface area contributed by atoms with Crippen molar-refractivity contribution in [1.82, 2.24) is 5.32 Å². The first kappa shape index (κ1) is 28.6. The first-order chi connectivity index (χ1) is 19.6. The Labute approximate surface area is 246 Å². The molecule has 3 saturated carbocycles. The summed E-state index contributed by atoms with van der Waals surface area (Å²) in [6.45, 7) is 12.0. The minimum absolute atomic E-state index is 0.0150. The fourth-order valence-electron chi connectivity index (χ4n) is 9.90. The molecule has 1 aromatic carbocycles. The zero-order chi connectivity index (χ0) is 28.9. The number of rotatable bonds is 7. The van der Waals surface area contributed by atoms with Crippen molar-refractivity contribution in [3.63, 3.8) is 0 Å². The molecule has 5 heteroatoms. The Hall–Kier alpha value is -2.56. The highest BCUT2D eigenvalue weighted by molar-refractivity contribution is 5.89. The summed E-state index contributed by atoms with van der Waals surface area (Å²) in [6.07, 6.45) is 12.8. The summed E-state index contributed by atoms with van der Waals surface area (Å²) >= 11 is 0. The van der Waals surface area contributed by atoms with Crippen LogP contribution in [0.15, 0.2) is 53.3 Å². The SMILES string of the molecule is CC(=O)NCC(C)CCC1=C(C)C2C(CC3C4CC=C5CC(OC(=O)c6ccccc6)CC[C@]5(C)C4CC[C@@]32C)O1. The number of hydrogen-bond acceptors (Lipinski definition) is 4. The molecule has 9 atom stereocenters. The molecule has 5 aliphatic rings. The number of carbonyl (C=O) groups is 2. The van der Waals surface area contributed by atoms with Crippen LogP contribution in [0.3, 0.4) is 0 Å². The van der Waals surface area contributed by atoms with Crippen LogP contribution >= 0.6 is 0 Å². The Bertz CT molecular complexity index is 1240. The van der Waals surface area contributed by atoms with Crippen molar-refractivity contribution in [2.24, 2.45) is 40.4 Å². The maximum absolute atomic E-state index is 12.7. The van der Waals surface area contributed by atoms with Gasteiger partial charge in [0.05, 0.1) is 11.3 Å².